The molecular formula is C20H15BrN2O4S. The first kappa shape index (κ1) is 18.6. The van der Waals surface area contributed by atoms with Gasteiger partial charge in [-0.2, -0.15) is 0 Å². The molecule has 0 aliphatic rings. The van der Waals surface area contributed by atoms with Gasteiger partial charge in [0.15, 0.2) is 16.5 Å². The van der Waals surface area contributed by atoms with Crippen molar-refractivity contribution in [3.8, 4) is 11.5 Å². The van der Waals surface area contributed by atoms with Gasteiger partial charge in [-0.25, -0.2) is 9.38 Å². The molecule has 0 N–H and O–H groups in total. The Kier molecular flexibility index (Phi) is 4.91. The van der Waals surface area contributed by atoms with Crippen molar-refractivity contribution in [2.24, 2.45) is 0 Å². The molecule has 0 unspecified atom stereocenters. The zero-order valence-electron chi connectivity index (χ0n) is 15.1. The van der Waals surface area contributed by atoms with Crippen molar-refractivity contribution in [2.75, 3.05) is 6.61 Å². The van der Waals surface area contributed by atoms with Gasteiger partial charge in [0.2, 0.25) is 0 Å². The zero-order valence-corrected chi connectivity index (χ0v) is 17.5. The van der Waals surface area contributed by atoms with Crippen molar-refractivity contribution in [3.05, 3.63) is 61.3 Å². The lowest BCUT2D eigenvalue weighted by Crippen LogP contribution is -2.22. The molecule has 8 heteroatoms. The number of nitrogens with zero attached hydrogens (tertiary/aromatic N) is 2. The van der Waals surface area contributed by atoms with Crippen LogP contribution < -0.4 is 19.6 Å². The first-order chi connectivity index (χ1) is 13.5. The molecule has 0 aliphatic heterocycles. The average molecular weight is 459 g/mol. The Hall–Kier alpha value is -2.71. The van der Waals surface area contributed by atoms with Crippen LogP contribution in [0.15, 0.2) is 45.7 Å². The highest BCUT2D eigenvalue weighted by Crippen LogP contribution is 2.34. The molecule has 0 saturated heterocycles. The lowest BCUT2D eigenvalue weighted by Gasteiger charge is -2.11. The second kappa shape index (κ2) is 7.37. The molecule has 0 fully saturated rings. The minimum atomic E-state index is -0.433. The van der Waals surface area contributed by atoms with E-state index >= 15 is 0 Å². The third kappa shape index (κ3) is 3.29. The molecule has 2 aromatic carbocycles. The van der Waals surface area contributed by atoms with E-state index in [2.05, 4.69) is 20.9 Å². The number of thiazole rings is 1. The quantitative estimate of drug-likeness (QED) is 0.345. The summed E-state index contributed by atoms with van der Waals surface area (Å²) in [6.45, 7) is 3.60. The van der Waals surface area contributed by atoms with Crippen LogP contribution in [0.1, 0.15) is 19.4 Å². The van der Waals surface area contributed by atoms with E-state index in [0.29, 0.717) is 32.1 Å². The van der Waals surface area contributed by atoms with Gasteiger partial charge in [-0.1, -0.05) is 39.4 Å². The van der Waals surface area contributed by atoms with Gasteiger partial charge in [-0.05, 0) is 42.8 Å². The van der Waals surface area contributed by atoms with E-state index in [1.807, 2.05) is 31.2 Å². The van der Waals surface area contributed by atoms with E-state index in [1.165, 1.54) is 18.3 Å². The van der Waals surface area contributed by atoms with Crippen LogP contribution >= 0.6 is 27.3 Å². The smallest absolute Gasteiger partial charge is 0.308 e. The molecule has 0 bridgehead atoms. The maximum Gasteiger partial charge on any atom is 0.308 e. The van der Waals surface area contributed by atoms with Gasteiger partial charge in [0, 0.05) is 11.4 Å². The predicted octanol–water partition coefficient (Wildman–Crippen LogP) is 3.54. The lowest BCUT2D eigenvalue weighted by molar-refractivity contribution is -0.132. The molecule has 0 amide bonds. The highest BCUT2D eigenvalue weighted by molar-refractivity contribution is 9.10. The Morgan fingerprint density at radius 2 is 2.07 bits per heavy atom. The number of imidazole rings is 1. The number of carbonyl (C=O) groups excluding carboxylic acids is 1. The molecule has 0 saturated carbocycles. The summed E-state index contributed by atoms with van der Waals surface area (Å²) in [5.41, 5.74) is 2.20. The normalized spacial score (nSPS) is 12.0. The van der Waals surface area contributed by atoms with Crippen molar-refractivity contribution < 1.29 is 14.3 Å². The van der Waals surface area contributed by atoms with Crippen LogP contribution in [0.25, 0.3) is 22.1 Å². The predicted molar refractivity (Wildman–Crippen MR) is 112 cm³/mol. The van der Waals surface area contributed by atoms with Gasteiger partial charge in [0.25, 0.3) is 5.56 Å². The van der Waals surface area contributed by atoms with Crippen LogP contribution in [-0.2, 0) is 4.79 Å². The number of rotatable bonds is 4. The van der Waals surface area contributed by atoms with E-state index < -0.39 is 5.97 Å². The largest absolute Gasteiger partial charge is 0.490 e. The number of hydrogen-bond donors (Lipinski definition) is 0. The van der Waals surface area contributed by atoms with Crippen molar-refractivity contribution in [1.29, 1.82) is 0 Å². The van der Waals surface area contributed by atoms with E-state index in [9.17, 15) is 9.59 Å². The van der Waals surface area contributed by atoms with Crippen LogP contribution in [0.5, 0.6) is 11.5 Å². The number of ether oxygens (including phenoxy) is 2. The fraction of sp³-hybridized carbons (Fsp3) is 0.150. The Balaban J connectivity index is 1.88. The summed E-state index contributed by atoms with van der Waals surface area (Å²) in [7, 11) is 0. The fourth-order valence-electron chi connectivity index (χ4n) is 2.92. The Labute approximate surface area is 172 Å². The number of fused-ring (bicyclic) bond motifs is 3. The van der Waals surface area contributed by atoms with E-state index in [-0.39, 0.29) is 5.56 Å². The number of esters is 1. The number of para-hydroxylation sites is 2. The minimum absolute atomic E-state index is 0.123. The van der Waals surface area contributed by atoms with Gasteiger partial charge in [-0.15, -0.1) is 0 Å². The highest BCUT2D eigenvalue weighted by atomic mass is 79.9. The highest BCUT2D eigenvalue weighted by Gasteiger charge is 2.14. The standard InChI is InChI=1S/C20H15BrN2O4S/c1-3-26-16-8-12(13(21)10-17(16)27-11(2)24)9-18-19(25)23-15-7-5-4-6-14(15)22-20(23)28-18/h4-10H,3H2,1-2H3/b18-9-. The number of carbonyl (C=O) groups is 1. The summed E-state index contributed by atoms with van der Waals surface area (Å²) in [6.07, 6.45) is 1.78. The molecule has 142 valence electrons. The van der Waals surface area contributed by atoms with Gasteiger partial charge >= 0.3 is 5.97 Å². The molecular weight excluding hydrogens is 444 g/mol. The summed E-state index contributed by atoms with van der Waals surface area (Å²) in [5.74, 6) is 0.330. The lowest BCUT2D eigenvalue weighted by atomic mass is 10.2. The third-order valence-corrected chi connectivity index (χ3v) is 5.70. The maximum atomic E-state index is 12.9. The van der Waals surface area contributed by atoms with Crippen molar-refractivity contribution in [3.63, 3.8) is 0 Å². The Morgan fingerprint density at radius 3 is 2.82 bits per heavy atom. The van der Waals surface area contributed by atoms with Gasteiger partial charge in [-0.3, -0.25) is 9.59 Å². The van der Waals surface area contributed by atoms with Gasteiger partial charge in [0.05, 0.1) is 22.2 Å². The second-order valence-electron chi connectivity index (χ2n) is 5.98. The number of aromatic nitrogens is 2. The molecule has 28 heavy (non-hydrogen) atoms. The van der Waals surface area contributed by atoms with Crippen LogP contribution in [0, 0.1) is 0 Å². The second-order valence-corrected chi connectivity index (χ2v) is 7.84. The van der Waals surface area contributed by atoms with Crippen LogP contribution in [0.4, 0.5) is 0 Å². The molecule has 2 heterocycles. The molecule has 0 atom stereocenters. The Morgan fingerprint density at radius 1 is 1.29 bits per heavy atom. The SMILES string of the molecule is CCOc1cc(/C=c2\sc3nc4ccccc4n3c2=O)c(Br)cc1OC(C)=O. The van der Waals surface area contributed by atoms with Gasteiger partial charge < -0.3 is 9.47 Å². The summed E-state index contributed by atoms with van der Waals surface area (Å²) in [6, 6.07) is 11.0. The van der Waals surface area contributed by atoms with E-state index in [0.717, 1.165) is 16.6 Å². The topological polar surface area (TPSA) is 69.9 Å². The maximum absolute atomic E-state index is 12.9. The van der Waals surface area contributed by atoms with E-state index in [1.54, 1.807) is 22.6 Å². The molecule has 0 radical (unpaired) electrons. The molecule has 4 rings (SSSR count). The molecule has 6 nitrogen and oxygen atoms in total. The number of hydrogen-bond acceptors (Lipinski definition) is 6. The van der Waals surface area contributed by atoms with Crippen LogP contribution in [0.2, 0.25) is 0 Å². The fourth-order valence-corrected chi connectivity index (χ4v) is 4.33. The van der Waals surface area contributed by atoms with Crippen molar-refractivity contribution in [1.82, 2.24) is 9.38 Å². The van der Waals surface area contributed by atoms with Crippen LogP contribution in [-0.4, -0.2) is 22.0 Å². The Bertz CT molecular complexity index is 1330. The van der Waals surface area contributed by atoms with E-state index in [4.69, 9.17) is 9.47 Å². The van der Waals surface area contributed by atoms with Crippen molar-refractivity contribution in [2.45, 2.75) is 13.8 Å². The summed E-state index contributed by atoms with van der Waals surface area (Å²) in [5, 5.41) is 0. The molecule has 2 aromatic heterocycles. The third-order valence-electron chi connectivity index (χ3n) is 4.05. The summed E-state index contributed by atoms with van der Waals surface area (Å²) in [4.78, 5) is 29.4. The average Bonchev–Trinajstić information content (AvgIpc) is 3.15. The van der Waals surface area contributed by atoms with Gasteiger partial charge in [0.1, 0.15) is 0 Å². The minimum Gasteiger partial charge on any atom is -0.490 e. The molecule has 0 aliphatic carbocycles. The first-order valence-electron chi connectivity index (χ1n) is 8.54. The molecule has 0 spiro atoms. The number of halogens is 1. The molecule has 4 aromatic rings. The summed E-state index contributed by atoms with van der Waals surface area (Å²) < 4.78 is 13.7. The first-order valence-corrected chi connectivity index (χ1v) is 10.2. The van der Waals surface area contributed by atoms with Crippen molar-refractivity contribution >= 4 is 55.3 Å². The zero-order chi connectivity index (χ0) is 19.8. The monoisotopic (exact) mass is 458 g/mol. The van der Waals surface area contributed by atoms with Crippen LogP contribution in [0.3, 0.4) is 0 Å². The number of benzene rings is 2. The summed E-state index contributed by atoms with van der Waals surface area (Å²) >= 11 is 4.80.